The molecule has 2 N–H and O–H groups in total. The molecule has 2 aromatic rings. The van der Waals surface area contributed by atoms with Gasteiger partial charge in [-0.05, 0) is 49.6 Å². The van der Waals surface area contributed by atoms with Gasteiger partial charge in [0, 0.05) is 19.6 Å². The topological polar surface area (TPSA) is 75.2 Å². The van der Waals surface area contributed by atoms with Crippen molar-refractivity contribution in [2.75, 3.05) is 33.3 Å². The highest BCUT2D eigenvalue weighted by Gasteiger charge is 2.17. The maximum absolute atomic E-state index is 12.2. The summed E-state index contributed by atoms with van der Waals surface area (Å²) in [6, 6.07) is 15.3. The first-order valence-corrected chi connectivity index (χ1v) is 10.4. The molecule has 7 nitrogen and oxygen atoms in total. The van der Waals surface area contributed by atoms with E-state index >= 15 is 0 Å². The zero-order valence-corrected chi connectivity index (χ0v) is 20.4. The van der Waals surface area contributed by atoms with E-state index in [1.165, 1.54) is 0 Å². The number of nitrogens with zero attached hydrogens (tertiary/aromatic N) is 2. The smallest absolute Gasteiger partial charge is 0.241 e. The van der Waals surface area contributed by atoms with Crippen LogP contribution in [0.5, 0.6) is 17.2 Å². The molecule has 2 aromatic carbocycles. The molecule has 0 atom stereocenters. The number of benzene rings is 2. The van der Waals surface area contributed by atoms with Gasteiger partial charge in [-0.15, -0.1) is 24.0 Å². The van der Waals surface area contributed by atoms with Gasteiger partial charge in [0.1, 0.15) is 5.75 Å². The van der Waals surface area contributed by atoms with Crippen molar-refractivity contribution in [2.45, 2.75) is 26.3 Å². The molecule has 1 saturated heterocycles. The number of likely N-dealkylation sites (tertiary alicyclic amines) is 1. The average Bonchev–Trinajstić information content (AvgIpc) is 3.32. The number of aliphatic imine (C=N–C) groups is 1. The summed E-state index contributed by atoms with van der Waals surface area (Å²) in [4.78, 5) is 18.7. The third-order valence-corrected chi connectivity index (χ3v) is 4.85. The van der Waals surface area contributed by atoms with E-state index in [4.69, 9.17) is 9.47 Å². The number of hydrogen-bond acceptors (Lipinski definition) is 4. The number of amides is 1. The number of halogens is 1. The minimum absolute atomic E-state index is 0. The van der Waals surface area contributed by atoms with E-state index in [0.717, 1.165) is 43.8 Å². The molecule has 0 aliphatic carbocycles. The minimum Gasteiger partial charge on any atom is -0.493 e. The maximum atomic E-state index is 12.2. The largest absolute Gasteiger partial charge is 0.493 e. The summed E-state index contributed by atoms with van der Waals surface area (Å²) in [5.41, 5.74) is 1.05. The summed E-state index contributed by atoms with van der Waals surface area (Å²) in [5, 5.41) is 6.32. The van der Waals surface area contributed by atoms with Gasteiger partial charge in [0.05, 0.1) is 20.2 Å². The van der Waals surface area contributed by atoms with Gasteiger partial charge in [-0.3, -0.25) is 4.79 Å². The molecular weight excluding hydrogens is 507 g/mol. The Hall–Kier alpha value is -2.49. The molecule has 1 aliphatic rings. The van der Waals surface area contributed by atoms with Crippen molar-refractivity contribution >= 4 is 35.8 Å². The Labute approximate surface area is 201 Å². The summed E-state index contributed by atoms with van der Waals surface area (Å²) >= 11 is 0. The van der Waals surface area contributed by atoms with Gasteiger partial charge < -0.3 is 25.0 Å². The molecule has 31 heavy (non-hydrogen) atoms. The van der Waals surface area contributed by atoms with E-state index < -0.39 is 0 Å². The van der Waals surface area contributed by atoms with Crippen molar-refractivity contribution in [2.24, 2.45) is 4.99 Å². The SMILES string of the molecule is CCNC(=NCc1ccc(Oc2ccccc2OC)cc1)NCC(=O)N1CCCC1.I. The fourth-order valence-corrected chi connectivity index (χ4v) is 3.24. The van der Waals surface area contributed by atoms with Gasteiger partial charge in [-0.1, -0.05) is 24.3 Å². The van der Waals surface area contributed by atoms with Crippen LogP contribution in [-0.4, -0.2) is 50.1 Å². The second-order valence-corrected chi connectivity index (χ2v) is 7.03. The maximum Gasteiger partial charge on any atom is 0.241 e. The number of methoxy groups -OCH3 is 1. The standard InChI is InChI=1S/C23H30N4O3.HI/c1-3-24-23(26-17-22(28)27-14-6-7-15-27)25-16-18-10-12-19(13-11-18)30-21-9-5-4-8-20(21)29-2;/h4-5,8-13H,3,6-7,14-17H2,1-2H3,(H2,24,25,26);1H. The third-order valence-electron chi connectivity index (χ3n) is 4.85. The predicted molar refractivity (Wildman–Crippen MR) is 134 cm³/mol. The molecule has 0 aromatic heterocycles. The van der Waals surface area contributed by atoms with Gasteiger partial charge in [-0.25, -0.2) is 4.99 Å². The first kappa shape index (κ1) is 24.8. The summed E-state index contributed by atoms with van der Waals surface area (Å²) in [5.74, 6) is 2.85. The molecular formula is C23H31IN4O3. The van der Waals surface area contributed by atoms with Crippen LogP contribution in [0.1, 0.15) is 25.3 Å². The first-order valence-electron chi connectivity index (χ1n) is 10.4. The van der Waals surface area contributed by atoms with Crippen molar-refractivity contribution in [3.05, 3.63) is 54.1 Å². The lowest BCUT2D eigenvalue weighted by Gasteiger charge is -2.17. The minimum atomic E-state index is 0. The highest BCUT2D eigenvalue weighted by atomic mass is 127. The zero-order valence-electron chi connectivity index (χ0n) is 18.1. The molecule has 0 saturated carbocycles. The van der Waals surface area contributed by atoms with E-state index in [9.17, 15) is 4.79 Å². The quantitative estimate of drug-likeness (QED) is 0.304. The number of para-hydroxylation sites is 2. The Bertz CT molecular complexity index is 852. The van der Waals surface area contributed by atoms with Gasteiger partial charge in [-0.2, -0.15) is 0 Å². The highest BCUT2D eigenvalue weighted by Crippen LogP contribution is 2.30. The number of rotatable bonds is 8. The van der Waals surface area contributed by atoms with Crippen LogP contribution in [0.3, 0.4) is 0 Å². The Balaban J connectivity index is 0.00000341. The van der Waals surface area contributed by atoms with Crippen LogP contribution >= 0.6 is 24.0 Å². The second kappa shape index (κ2) is 13.0. The monoisotopic (exact) mass is 538 g/mol. The number of nitrogens with one attached hydrogen (secondary N) is 2. The van der Waals surface area contributed by atoms with Gasteiger partial charge >= 0.3 is 0 Å². The summed E-state index contributed by atoms with van der Waals surface area (Å²) < 4.78 is 11.2. The molecule has 0 spiro atoms. The number of guanidine groups is 1. The van der Waals surface area contributed by atoms with E-state index in [2.05, 4.69) is 15.6 Å². The summed E-state index contributed by atoms with van der Waals surface area (Å²) in [7, 11) is 1.62. The number of carbonyl (C=O) groups is 1. The van der Waals surface area contributed by atoms with Crippen LogP contribution in [0.15, 0.2) is 53.5 Å². The lowest BCUT2D eigenvalue weighted by atomic mass is 10.2. The van der Waals surface area contributed by atoms with Gasteiger partial charge in [0.25, 0.3) is 0 Å². The van der Waals surface area contributed by atoms with Crippen LogP contribution in [-0.2, 0) is 11.3 Å². The van der Waals surface area contributed by atoms with Gasteiger partial charge in [0.2, 0.25) is 5.91 Å². The third kappa shape index (κ3) is 7.61. The normalized spacial score (nSPS) is 13.4. The highest BCUT2D eigenvalue weighted by molar-refractivity contribution is 14.0. The predicted octanol–water partition coefficient (Wildman–Crippen LogP) is 3.78. The number of hydrogen-bond donors (Lipinski definition) is 2. The van der Waals surface area contributed by atoms with Gasteiger partial charge in [0.15, 0.2) is 17.5 Å². The van der Waals surface area contributed by atoms with Crippen molar-refractivity contribution in [1.82, 2.24) is 15.5 Å². The average molecular weight is 538 g/mol. The summed E-state index contributed by atoms with van der Waals surface area (Å²) in [6.45, 7) is 5.22. The van der Waals surface area contributed by atoms with Crippen LogP contribution < -0.4 is 20.1 Å². The zero-order chi connectivity index (χ0) is 21.2. The van der Waals surface area contributed by atoms with Crippen LogP contribution in [0, 0.1) is 0 Å². The fourth-order valence-electron chi connectivity index (χ4n) is 3.24. The molecule has 1 aliphatic heterocycles. The molecule has 0 radical (unpaired) electrons. The molecule has 0 unspecified atom stereocenters. The number of carbonyl (C=O) groups excluding carboxylic acids is 1. The molecule has 168 valence electrons. The van der Waals surface area contributed by atoms with E-state index in [1.807, 2.05) is 60.4 Å². The van der Waals surface area contributed by atoms with Crippen LogP contribution in [0.4, 0.5) is 0 Å². The van der Waals surface area contributed by atoms with E-state index in [1.54, 1.807) is 7.11 Å². The van der Waals surface area contributed by atoms with E-state index in [-0.39, 0.29) is 36.4 Å². The molecule has 1 fully saturated rings. The Morgan fingerprint density at radius 2 is 1.71 bits per heavy atom. The van der Waals surface area contributed by atoms with Crippen molar-refractivity contribution < 1.29 is 14.3 Å². The Morgan fingerprint density at radius 1 is 1.03 bits per heavy atom. The molecule has 0 bridgehead atoms. The van der Waals surface area contributed by atoms with Crippen molar-refractivity contribution in [3.63, 3.8) is 0 Å². The Morgan fingerprint density at radius 3 is 2.35 bits per heavy atom. The molecule has 3 rings (SSSR count). The van der Waals surface area contributed by atoms with Crippen LogP contribution in [0.25, 0.3) is 0 Å². The number of ether oxygens (including phenoxy) is 2. The first-order chi connectivity index (χ1) is 14.7. The lowest BCUT2D eigenvalue weighted by Crippen LogP contribution is -2.44. The lowest BCUT2D eigenvalue weighted by molar-refractivity contribution is -0.128. The molecule has 8 heteroatoms. The molecule has 1 heterocycles. The van der Waals surface area contributed by atoms with Crippen molar-refractivity contribution in [3.8, 4) is 17.2 Å². The van der Waals surface area contributed by atoms with Crippen molar-refractivity contribution in [1.29, 1.82) is 0 Å². The Kier molecular flexibility index (Phi) is 10.4. The van der Waals surface area contributed by atoms with E-state index in [0.29, 0.717) is 24.0 Å². The summed E-state index contributed by atoms with van der Waals surface area (Å²) in [6.07, 6.45) is 2.19. The fraction of sp³-hybridized carbons (Fsp3) is 0.391. The molecule has 1 amide bonds. The van der Waals surface area contributed by atoms with Crippen LogP contribution in [0.2, 0.25) is 0 Å². The second-order valence-electron chi connectivity index (χ2n) is 7.03.